The smallest absolute Gasteiger partial charge is 0.0285 e. The molecular formula is C19H34Br2S. The molecule has 3 heteroatoms. The third kappa shape index (κ3) is 15.6. The molecule has 0 aliphatic heterocycles. The predicted octanol–water partition coefficient (Wildman–Crippen LogP) is 8.90. The zero-order valence-electron chi connectivity index (χ0n) is 14.7. The van der Waals surface area contributed by atoms with Crippen LogP contribution >= 0.6 is 43.2 Å². The molecule has 1 unspecified atom stereocenters. The number of aryl methyl sites for hydroxylation is 1. The van der Waals surface area contributed by atoms with Gasteiger partial charge in [0.25, 0.3) is 0 Å². The molecular weight excluding hydrogens is 420 g/mol. The van der Waals surface area contributed by atoms with Gasteiger partial charge in [-0.25, -0.2) is 0 Å². The molecule has 0 fully saturated rings. The Morgan fingerprint density at radius 2 is 1.41 bits per heavy atom. The van der Waals surface area contributed by atoms with Crippen molar-refractivity contribution in [3.8, 4) is 0 Å². The van der Waals surface area contributed by atoms with Crippen molar-refractivity contribution >= 4 is 43.2 Å². The summed E-state index contributed by atoms with van der Waals surface area (Å²) in [6.45, 7) is 6.65. The van der Waals surface area contributed by atoms with E-state index in [1.165, 1.54) is 80.0 Å². The van der Waals surface area contributed by atoms with E-state index in [0.717, 1.165) is 4.83 Å². The Morgan fingerprint density at radius 1 is 0.909 bits per heavy atom. The summed E-state index contributed by atoms with van der Waals surface area (Å²) in [7, 11) is 0. The molecule has 0 amide bonds. The minimum Gasteiger partial charge on any atom is -0.148 e. The van der Waals surface area contributed by atoms with E-state index in [-0.39, 0.29) is 0 Å². The molecule has 0 saturated carbocycles. The summed E-state index contributed by atoms with van der Waals surface area (Å²) in [5, 5.41) is 2.08. The summed E-state index contributed by atoms with van der Waals surface area (Å²) in [5.41, 5.74) is 0. The summed E-state index contributed by atoms with van der Waals surface area (Å²) < 4.78 is 1.19. The number of thiophene rings is 1. The van der Waals surface area contributed by atoms with Crippen LogP contribution in [0.4, 0.5) is 0 Å². The largest absolute Gasteiger partial charge is 0.148 e. The fraction of sp³-hybridized carbons (Fsp3) is 0.789. The highest BCUT2D eigenvalue weighted by Gasteiger charge is 2.02. The van der Waals surface area contributed by atoms with Gasteiger partial charge in [0.05, 0.1) is 0 Å². The van der Waals surface area contributed by atoms with Gasteiger partial charge in [-0.15, -0.1) is 11.3 Å². The van der Waals surface area contributed by atoms with Crippen LogP contribution in [0.3, 0.4) is 0 Å². The van der Waals surface area contributed by atoms with Crippen molar-refractivity contribution in [2.24, 2.45) is 0 Å². The maximum Gasteiger partial charge on any atom is 0.0285 e. The van der Waals surface area contributed by atoms with Crippen LogP contribution in [0.15, 0.2) is 15.9 Å². The number of alkyl halides is 1. The van der Waals surface area contributed by atoms with E-state index in [4.69, 9.17) is 0 Å². The maximum atomic E-state index is 3.79. The van der Waals surface area contributed by atoms with E-state index < -0.39 is 0 Å². The van der Waals surface area contributed by atoms with Crippen molar-refractivity contribution < 1.29 is 0 Å². The van der Waals surface area contributed by atoms with Gasteiger partial charge in [0.15, 0.2) is 0 Å². The quantitative estimate of drug-likeness (QED) is 0.231. The first kappa shape index (κ1) is 22.7. The van der Waals surface area contributed by atoms with Crippen LogP contribution in [0.25, 0.3) is 0 Å². The Morgan fingerprint density at radius 3 is 1.86 bits per heavy atom. The Kier molecular flexibility index (Phi) is 17.0. The molecule has 1 rings (SSSR count). The van der Waals surface area contributed by atoms with Gasteiger partial charge < -0.3 is 0 Å². The third-order valence-electron chi connectivity index (χ3n) is 3.69. The normalized spacial score (nSPS) is 11.9. The average molecular weight is 454 g/mol. The summed E-state index contributed by atoms with van der Waals surface area (Å²) in [4.78, 5) is 2.14. The van der Waals surface area contributed by atoms with Gasteiger partial charge in [0, 0.05) is 19.6 Å². The SMILES string of the molecule is CCCCCCCCC(Br)CCCCC.Cc1cc(Br)cs1. The molecule has 1 aromatic heterocycles. The second kappa shape index (κ2) is 16.5. The topological polar surface area (TPSA) is 0 Å². The number of rotatable bonds is 11. The van der Waals surface area contributed by atoms with E-state index in [2.05, 4.69) is 64.1 Å². The van der Waals surface area contributed by atoms with Crippen molar-refractivity contribution in [3.63, 3.8) is 0 Å². The van der Waals surface area contributed by atoms with Gasteiger partial charge >= 0.3 is 0 Å². The van der Waals surface area contributed by atoms with Crippen molar-refractivity contribution in [1.82, 2.24) is 0 Å². The zero-order valence-corrected chi connectivity index (χ0v) is 18.7. The van der Waals surface area contributed by atoms with Gasteiger partial charge in [-0.2, -0.15) is 0 Å². The Balaban J connectivity index is 0.000000518. The number of hydrogen-bond acceptors (Lipinski definition) is 1. The van der Waals surface area contributed by atoms with E-state index >= 15 is 0 Å². The first-order valence-electron chi connectivity index (χ1n) is 8.94. The lowest BCUT2D eigenvalue weighted by Crippen LogP contribution is -1.97. The highest BCUT2D eigenvalue weighted by molar-refractivity contribution is 9.10. The lowest BCUT2D eigenvalue weighted by molar-refractivity contribution is 0.559. The van der Waals surface area contributed by atoms with E-state index in [0.29, 0.717) is 0 Å². The van der Waals surface area contributed by atoms with Gasteiger partial charge in [0.2, 0.25) is 0 Å². The molecule has 0 saturated heterocycles. The van der Waals surface area contributed by atoms with E-state index in [1.807, 2.05) is 0 Å². The molecule has 0 radical (unpaired) electrons. The number of hydrogen-bond donors (Lipinski definition) is 0. The molecule has 0 aromatic carbocycles. The van der Waals surface area contributed by atoms with Gasteiger partial charge in [-0.3, -0.25) is 0 Å². The van der Waals surface area contributed by atoms with E-state index in [1.54, 1.807) is 11.3 Å². The molecule has 0 aliphatic rings. The summed E-state index contributed by atoms with van der Waals surface area (Å²) in [5.74, 6) is 0. The molecule has 130 valence electrons. The monoisotopic (exact) mass is 452 g/mol. The molecule has 0 N–H and O–H groups in total. The number of unbranched alkanes of at least 4 members (excludes halogenated alkanes) is 7. The van der Waals surface area contributed by atoms with Crippen molar-refractivity contribution in [2.45, 2.75) is 96.2 Å². The number of halogens is 2. The molecule has 0 nitrogen and oxygen atoms in total. The molecule has 1 atom stereocenters. The molecule has 1 aromatic rings. The van der Waals surface area contributed by atoms with Crippen molar-refractivity contribution in [3.05, 3.63) is 20.8 Å². The summed E-state index contributed by atoms with van der Waals surface area (Å²) in [6, 6.07) is 2.10. The molecule has 1 heterocycles. The highest BCUT2D eigenvalue weighted by Crippen LogP contribution is 2.19. The van der Waals surface area contributed by atoms with Crippen LogP contribution in [0.5, 0.6) is 0 Å². The van der Waals surface area contributed by atoms with Gasteiger partial charge in [-0.05, 0) is 41.8 Å². The molecule has 0 bridgehead atoms. The standard InChI is InChI=1S/C14H29Br.C5H5BrS/c1-3-5-7-8-9-11-13-14(15)12-10-6-4-2;1-4-2-5(6)3-7-4/h14H,3-13H2,1-2H3;2-3H,1H3. The second-order valence-corrected chi connectivity index (χ2v) is 9.35. The van der Waals surface area contributed by atoms with Crippen LogP contribution in [-0.4, -0.2) is 4.83 Å². The predicted molar refractivity (Wildman–Crippen MR) is 112 cm³/mol. The van der Waals surface area contributed by atoms with Crippen LogP contribution in [-0.2, 0) is 0 Å². The second-order valence-electron chi connectivity index (χ2n) is 6.03. The summed E-state index contributed by atoms with van der Waals surface area (Å²) in [6.07, 6.45) is 15.5. The first-order chi connectivity index (χ1) is 10.6. The van der Waals surface area contributed by atoms with Crippen molar-refractivity contribution in [2.75, 3.05) is 0 Å². The lowest BCUT2D eigenvalue weighted by atomic mass is 10.1. The Hall–Kier alpha value is 0.660. The van der Waals surface area contributed by atoms with Crippen molar-refractivity contribution in [1.29, 1.82) is 0 Å². The van der Waals surface area contributed by atoms with Crippen LogP contribution < -0.4 is 0 Å². The Labute approximate surface area is 159 Å². The molecule has 0 spiro atoms. The summed E-state index contributed by atoms with van der Waals surface area (Å²) >= 11 is 8.89. The zero-order chi connectivity index (χ0) is 16.6. The maximum absolute atomic E-state index is 3.79. The van der Waals surface area contributed by atoms with Gasteiger partial charge in [-0.1, -0.05) is 87.6 Å². The lowest BCUT2D eigenvalue weighted by Gasteiger charge is -2.08. The molecule has 22 heavy (non-hydrogen) atoms. The fourth-order valence-corrected chi connectivity index (χ4v) is 4.30. The minimum absolute atomic E-state index is 0.787. The van der Waals surface area contributed by atoms with Crippen LogP contribution in [0.1, 0.15) is 89.4 Å². The van der Waals surface area contributed by atoms with Crippen LogP contribution in [0, 0.1) is 6.92 Å². The molecule has 0 aliphatic carbocycles. The van der Waals surface area contributed by atoms with Gasteiger partial charge in [0.1, 0.15) is 0 Å². The first-order valence-corrected chi connectivity index (χ1v) is 11.5. The van der Waals surface area contributed by atoms with Crippen LogP contribution in [0.2, 0.25) is 0 Å². The minimum atomic E-state index is 0.787. The Bertz CT molecular complexity index is 319. The van der Waals surface area contributed by atoms with E-state index in [9.17, 15) is 0 Å². The highest BCUT2D eigenvalue weighted by atomic mass is 79.9. The average Bonchev–Trinajstić information content (AvgIpc) is 2.87. The third-order valence-corrected chi connectivity index (χ3v) is 6.23. The fourth-order valence-electron chi connectivity index (χ4n) is 2.32.